The van der Waals surface area contributed by atoms with Gasteiger partial charge in [0.1, 0.15) is 0 Å². The summed E-state index contributed by atoms with van der Waals surface area (Å²) in [6.45, 7) is 2.69. The van der Waals surface area contributed by atoms with Crippen molar-refractivity contribution in [3.8, 4) is 0 Å². The van der Waals surface area contributed by atoms with Crippen molar-refractivity contribution in [3.05, 3.63) is 23.8 Å². The molecule has 1 aromatic rings. The number of hydrogen-bond donors (Lipinski definition) is 2. The number of nitrogens with two attached hydrogens (primary N) is 1. The minimum Gasteiger partial charge on any atom is -0.462 e. The Morgan fingerprint density at radius 2 is 2.29 bits per heavy atom. The van der Waals surface area contributed by atoms with Gasteiger partial charge in [-0.25, -0.2) is 4.79 Å². The van der Waals surface area contributed by atoms with Crippen molar-refractivity contribution in [2.75, 3.05) is 31.2 Å². The predicted octanol–water partition coefficient (Wildman–Crippen LogP) is 1.48. The number of hydrogen-bond acceptors (Lipinski definition) is 5. The van der Waals surface area contributed by atoms with Gasteiger partial charge in [0, 0.05) is 37.4 Å². The van der Waals surface area contributed by atoms with E-state index in [0.29, 0.717) is 36.5 Å². The van der Waals surface area contributed by atoms with Gasteiger partial charge in [-0.15, -0.1) is 0 Å². The molecule has 0 bridgehead atoms. The van der Waals surface area contributed by atoms with Crippen LogP contribution >= 0.6 is 0 Å². The first-order valence-corrected chi connectivity index (χ1v) is 7.08. The van der Waals surface area contributed by atoms with Crippen LogP contribution in [-0.4, -0.2) is 43.0 Å². The maximum absolute atomic E-state index is 12.0. The molecule has 0 spiro atoms. The van der Waals surface area contributed by atoms with Gasteiger partial charge in [0.25, 0.3) is 0 Å². The fourth-order valence-electron chi connectivity index (χ4n) is 2.42. The summed E-state index contributed by atoms with van der Waals surface area (Å²) in [6, 6.07) is 5.24. The molecule has 0 radical (unpaired) electrons. The summed E-state index contributed by atoms with van der Waals surface area (Å²) in [5, 5.41) is 3.32. The third kappa shape index (κ3) is 3.65. The van der Waals surface area contributed by atoms with E-state index in [0.717, 1.165) is 6.42 Å². The van der Waals surface area contributed by atoms with E-state index in [-0.39, 0.29) is 11.9 Å². The van der Waals surface area contributed by atoms with Crippen molar-refractivity contribution < 1.29 is 14.3 Å². The van der Waals surface area contributed by atoms with Crippen LogP contribution in [0.3, 0.4) is 0 Å². The second-order valence-electron chi connectivity index (χ2n) is 5.18. The quantitative estimate of drug-likeness (QED) is 0.648. The summed E-state index contributed by atoms with van der Waals surface area (Å²) in [7, 11) is 1.78. The van der Waals surface area contributed by atoms with Gasteiger partial charge in [0.05, 0.1) is 12.2 Å². The van der Waals surface area contributed by atoms with Crippen LogP contribution in [0.4, 0.5) is 11.4 Å². The van der Waals surface area contributed by atoms with Crippen molar-refractivity contribution >= 4 is 23.3 Å². The number of likely N-dealkylation sites (tertiary alicyclic amines) is 1. The minimum atomic E-state index is -0.396. The second kappa shape index (κ2) is 6.47. The maximum Gasteiger partial charge on any atom is 0.340 e. The number of carbonyl (C=O) groups excluding carboxylic acids is 2. The van der Waals surface area contributed by atoms with Crippen molar-refractivity contribution in [1.29, 1.82) is 0 Å². The molecule has 1 aliphatic rings. The number of anilines is 2. The van der Waals surface area contributed by atoms with Crippen LogP contribution in [0.2, 0.25) is 0 Å². The lowest BCUT2D eigenvalue weighted by Crippen LogP contribution is -2.43. The number of ether oxygens (including phenoxy) is 1. The van der Waals surface area contributed by atoms with Gasteiger partial charge in [-0.3, -0.25) is 4.79 Å². The highest BCUT2D eigenvalue weighted by Crippen LogP contribution is 2.23. The Kier molecular flexibility index (Phi) is 4.67. The average molecular weight is 291 g/mol. The van der Waals surface area contributed by atoms with Gasteiger partial charge < -0.3 is 20.7 Å². The topological polar surface area (TPSA) is 84.7 Å². The van der Waals surface area contributed by atoms with E-state index in [1.165, 1.54) is 0 Å². The summed E-state index contributed by atoms with van der Waals surface area (Å²) in [6.07, 6.45) is 1.26. The molecule has 0 aromatic heterocycles. The van der Waals surface area contributed by atoms with Crippen molar-refractivity contribution in [3.63, 3.8) is 0 Å². The zero-order valence-electron chi connectivity index (χ0n) is 12.4. The molecular formula is C15H21N3O3. The zero-order chi connectivity index (χ0) is 15.4. The lowest BCUT2D eigenvalue weighted by atomic mass is 10.0. The highest BCUT2D eigenvalue weighted by Gasteiger charge is 2.24. The number of nitrogens with one attached hydrogen (secondary N) is 1. The molecule has 1 aliphatic heterocycles. The molecule has 1 atom stereocenters. The molecule has 0 saturated carbocycles. The maximum atomic E-state index is 12.0. The Morgan fingerprint density at radius 1 is 1.52 bits per heavy atom. The Bertz CT molecular complexity index is 545. The van der Waals surface area contributed by atoms with E-state index in [9.17, 15) is 9.59 Å². The highest BCUT2D eigenvalue weighted by atomic mass is 16.5. The molecule has 114 valence electrons. The van der Waals surface area contributed by atoms with Crippen LogP contribution in [0.25, 0.3) is 0 Å². The van der Waals surface area contributed by atoms with E-state index in [1.54, 1.807) is 37.1 Å². The van der Waals surface area contributed by atoms with Gasteiger partial charge in [-0.05, 0) is 31.5 Å². The number of rotatable bonds is 4. The summed E-state index contributed by atoms with van der Waals surface area (Å²) in [5.41, 5.74) is 7.38. The molecule has 0 aliphatic carbocycles. The molecule has 1 amide bonds. The average Bonchev–Trinajstić information content (AvgIpc) is 2.45. The Balaban J connectivity index is 2.16. The number of amides is 1. The lowest BCUT2D eigenvalue weighted by molar-refractivity contribution is -0.132. The third-order valence-corrected chi connectivity index (χ3v) is 3.53. The molecule has 2 rings (SSSR count). The molecule has 1 heterocycles. The van der Waals surface area contributed by atoms with Crippen LogP contribution in [0, 0.1) is 0 Å². The number of esters is 1. The Hall–Kier alpha value is -2.24. The SMILES string of the molecule is CCOC(=O)c1cc(N)ccc1NC1CCC(=O)N(C)C1. The van der Waals surface area contributed by atoms with Gasteiger partial charge in [-0.2, -0.15) is 0 Å². The highest BCUT2D eigenvalue weighted by molar-refractivity contribution is 5.96. The first-order valence-electron chi connectivity index (χ1n) is 7.08. The summed E-state index contributed by atoms with van der Waals surface area (Å²) < 4.78 is 5.05. The van der Waals surface area contributed by atoms with Crippen LogP contribution in [0.5, 0.6) is 0 Å². The van der Waals surface area contributed by atoms with Crippen molar-refractivity contribution in [1.82, 2.24) is 4.90 Å². The van der Waals surface area contributed by atoms with E-state index in [1.807, 2.05) is 0 Å². The fourth-order valence-corrected chi connectivity index (χ4v) is 2.42. The van der Waals surface area contributed by atoms with E-state index in [2.05, 4.69) is 5.32 Å². The summed E-state index contributed by atoms with van der Waals surface area (Å²) in [5.74, 6) is -0.247. The molecular weight excluding hydrogens is 270 g/mol. The number of likely N-dealkylation sites (N-methyl/N-ethyl adjacent to an activating group) is 1. The van der Waals surface area contributed by atoms with Crippen LogP contribution in [0.15, 0.2) is 18.2 Å². The number of nitrogens with zero attached hydrogens (tertiary/aromatic N) is 1. The summed E-state index contributed by atoms with van der Waals surface area (Å²) in [4.78, 5) is 25.2. The van der Waals surface area contributed by atoms with Gasteiger partial charge in [-0.1, -0.05) is 0 Å². The molecule has 6 heteroatoms. The molecule has 1 fully saturated rings. The Morgan fingerprint density at radius 3 is 2.95 bits per heavy atom. The second-order valence-corrected chi connectivity index (χ2v) is 5.18. The van der Waals surface area contributed by atoms with E-state index < -0.39 is 5.97 Å². The van der Waals surface area contributed by atoms with E-state index in [4.69, 9.17) is 10.5 Å². The molecule has 6 nitrogen and oxygen atoms in total. The van der Waals surface area contributed by atoms with E-state index >= 15 is 0 Å². The molecule has 1 aromatic carbocycles. The first kappa shape index (κ1) is 15.2. The van der Waals surface area contributed by atoms with Crippen molar-refractivity contribution in [2.24, 2.45) is 0 Å². The molecule has 1 unspecified atom stereocenters. The molecule has 21 heavy (non-hydrogen) atoms. The largest absolute Gasteiger partial charge is 0.462 e. The fraction of sp³-hybridized carbons (Fsp3) is 0.467. The number of piperidine rings is 1. The van der Waals surface area contributed by atoms with Gasteiger partial charge in [0.15, 0.2) is 0 Å². The number of nitrogen functional groups attached to an aromatic ring is 1. The zero-order valence-corrected chi connectivity index (χ0v) is 12.4. The smallest absolute Gasteiger partial charge is 0.340 e. The predicted molar refractivity (Wildman–Crippen MR) is 81.1 cm³/mol. The standard InChI is InChI=1S/C15H21N3O3/c1-3-21-15(20)12-8-10(16)4-6-13(12)17-11-5-7-14(19)18(2)9-11/h4,6,8,11,17H,3,5,7,9,16H2,1-2H3. The van der Waals surface area contributed by atoms with Crippen LogP contribution in [0.1, 0.15) is 30.1 Å². The normalized spacial score (nSPS) is 18.5. The van der Waals surface area contributed by atoms with Crippen LogP contribution < -0.4 is 11.1 Å². The summed E-state index contributed by atoms with van der Waals surface area (Å²) >= 11 is 0. The minimum absolute atomic E-state index is 0.115. The first-order chi connectivity index (χ1) is 10.0. The van der Waals surface area contributed by atoms with Crippen molar-refractivity contribution in [2.45, 2.75) is 25.8 Å². The van der Waals surface area contributed by atoms with Crippen LogP contribution in [-0.2, 0) is 9.53 Å². The number of benzene rings is 1. The molecule has 3 N–H and O–H groups in total. The Labute approximate surface area is 124 Å². The molecule has 1 saturated heterocycles. The van der Waals surface area contributed by atoms with Gasteiger partial charge >= 0.3 is 5.97 Å². The lowest BCUT2D eigenvalue weighted by Gasteiger charge is -2.31. The number of carbonyl (C=O) groups is 2. The third-order valence-electron chi connectivity index (χ3n) is 3.53. The van der Waals surface area contributed by atoms with Gasteiger partial charge in [0.2, 0.25) is 5.91 Å². The monoisotopic (exact) mass is 291 g/mol.